The minimum Gasteiger partial charge on any atom is -0.480 e. The molecule has 0 aromatic heterocycles. The minimum atomic E-state index is -1.03. The van der Waals surface area contributed by atoms with Gasteiger partial charge in [0.2, 0.25) is 0 Å². The summed E-state index contributed by atoms with van der Waals surface area (Å²) >= 11 is 18.9. The molecule has 1 fully saturated rings. The Morgan fingerprint density at radius 1 is 0.806 bits per heavy atom. The Labute approximate surface area is 195 Å². The molecule has 3 aromatic carbocycles. The number of rotatable bonds is 4. The lowest BCUT2D eigenvalue weighted by Crippen LogP contribution is -2.41. The molecule has 4 nitrogen and oxygen atoms in total. The Morgan fingerprint density at radius 3 is 2.03 bits per heavy atom. The second-order valence-electron chi connectivity index (χ2n) is 7.36. The fourth-order valence-corrected chi connectivity index (χ4v) is 4.97. The largest absolute Gasteiger partial charge is 0.480 e. The van der Waals surface area contributed by atoms with Crippen molar-refractivity contribution in [1.82, 2.24) is 4.90 Å². The van der Waals surface area contributed by atoms with Crippen LogP contribution >= 0.6 is 34.8 Å². The standard InChI is InChI=1S/C24H18Cl3NO3/c25-17-5-2-1-4-16(17)20-12-13-21(24(30)31)28(20)23(29)15-10-8-14(9-11-15)22-18(26)6-3-7-19(22)27/h1-11,20-21H,12-13H2,(H,30,31)/t20-,21+/m1/s1. The number of amides is 1. The zero-order valence-corrected chi connectivity index (χ0v) is 18.5. The first-order valence-electron chi connectivity index (χ1n) is 9.73. The molecule has 7 heteroatoms. The van der Waals surface area contributed by atoms with Gasteiger partial charge in [-0.3, -0.25) is 4.79 Å². The highest BCUT2D eigenvalue weighted by Crippen LogP contribution is 2.40. The van der Waals surface area contributed by atoms with Gasteiger partial charge in [0.25, 0.3) is 5.91 Å². The number of benzene rings is 3. The van der Waals surface area contributed by atoms with Crippen LogP contribution in [0.4, 0.5) is 0 Å². The van der Waals surface area contributed by atoms with Gasteiger partial charge in [0.1, 0.15) is 6.04 Å². The van der Waals surface area contributed by atoms with Crippen molar-refractivity contribution in [2.45, 2.75) is 24.9 Å². The highest BCUT2D eigenvalue weighted by atomic mass is 35.5. The van der Waals surface area contributed by atoms with E-state index in [2.05, 4.69) is 0 Å². The highest BCUT2D eigenvalue weighted by Gasteiger charge is 2.42. The molecule has 0 aliphatic carbocycles. The van der Waals surface area contributed by atoms with Gasteiger partial charge in [-0.25, -0.2) is 4.79 Å². The van der Waals surface area contributed by atoms with Crippen molar-refractivity contribution in [3.05, 3.63) is 92.9 Å². The number of nitrogens with zero attached hydrogens (tertiary/aromatic N) is 1. The summed E-state index contributed by atoms with van der Waals surface area (Å²) in [6, 6.07) is 18.0. The predicted octanol–water partition coefficient (Wildman–Crippen LogP) is 6.74. The van der Waals surface area contributed by atoms with Gasteiger partial charge in [0.05, 0.1) is 6.04 Å². The van der Waals surface area contributed by atoms with Crippen molar-refractivity contribution in [1.29, 1.82) is 0 Å². The number of carboxylic acid groups (broad SMARTS) is 1. The van der Waals surface area contributed by atoms with Crippen molar-refractivity contribution in [2.24, 2.45) is 0 Å². The summed E-state index contributed by atoms with van der Waals surface area (Å²) in [5, 5.41) is 11.2. The van der Waals surface area contributed by atoms with Gasteiger partial charge in [-0.2, -0.15) is 0 Å². The summed E-state index contributed by atoms with van der Waals surface area (Å²) in [7, 11) is 0. The summed E-state index contributed by atoms with van der Waals surface area (Å²) in [6.07, 6.45) is 0.893. The maximum atomic E-state index is 13.4. The Bertz CT molecular complexity index is 1130. The second kappa shape index (κ2) is 8.91. The zero-order valence-electron chi connectivity index (χ0n) is 16.3. The van der Waals surface area contributed by atoms with Gasteiger partial charge in [-0.05, 0) is 54.3 Å². The van der Waals surface area contributed by atoms with Crippen LogP contribution in [-0.4, -0.2) is 27.9 Å². The third-order valence-electron chi connectivity index (χ3n) is 5.55. The highest BCUT2D eigenvalue weighted by molar-refractivity contribution is 6.39. The van der Waals surface area contributed by atoms with E-state index in [1.54, 1.807) is 54.6 Å². The number of likely N-dealkylation sites (tertiary alicyclic amines) is 1. The molecule has 1 N–H and O–H groups in total. The number of hydrogen-bond donors (Lipinski definition) is 1. The zero-order chi connectivity index (χ0) is 22.1. The molecule has 3 aromatic rings. The number of hydrogen-bond acceptors (Lipinski definition) is 2. The average Bonchev–Trinajstić information content (AvgIpc) is 3.19. The van der Waals surface area contributed by atoms with E-state index in [0.29, 0.717) is 39.0 Å². The third kappa shape index (κ3) is 4.16. The van der Waals surface area contributed by atoms with E-state index in [0.717, 1.165) is 11.1 Å². The van der Waals surface area contributed by atoms with E-state index in [1.165, 1.54) is 4.90 Å². The van der Waals surface area contributed by atoms with Crippen LogP contribution in [0.3, 0.4) is 0 Å². The fraction of sp³-hybridized carbons (Fsp3) is 0.167. The molecule has 158 valence electrons. The molecule has 2 atom stereocenters. The van der Waals surface area contributed by atoms with Crippen LogP contribution in [-0.2, 0) is 4.79 Å². The van der Waals surface area contributed by atoms with E-state index < -0.39 is 18.1 Å². The lowest BCUT2D eigenvalue weighted by molar-refractivity contribution is -0.141. The molecule has 1 aliphatic heterocycles. The Kier molecular flexibility index (Phi) is 6.24. The molecule has 0 spiro atoms. The van der Waals surface area contributed by atoms with Crippen LogP contribution < -0.4 is 0 Å². The number of carboxylic acids is 1. The maximum Gasteiger partial charge on any atom is 0.326 e. The smallest absolute Gasteiger partial charge is 0.326 e. The molecule has 1 saturated heterocycles. The van der Waals surface area contributed by atoms with E-state index in [1.807, 2.05) is 12.1 Å². The Hall–Kier alpha value is -2.53. The molecule has 31 heavy (non-hydrogen) atoms. The SMILES string of the molecule is O=C(O)[C@@H]1CC[C@H](c2ccccc2Cl)N1C(=O)c1ccc(-c2c(Cl)cccc2Cl)cc1. The maximum absolute atomic E-state index is 13.4. The molecule has 0 radical (unpaired) electrons. The van der Waals surface area contributed by atoms with Crippen LogP contribution in [0.25, 0.3) is 11.1 Å². The van der Waals surface area contributed by atoms with Crippen LogP contribution in [0.5, 0.6) is 0 Å². The van der Waals surface area contributed by atoms with Gasteiger partial charge in [0, 0.05) is 26.2 Å². The lowest BCUT2D eigenvalue weighted by Gasteiger charge is -2.29. The summed E-state index contributed by atoms with van der Waals surface area (Å²) in [5.74, 6) is -1.38. The summed E-state index contributed by atoms with van der Waals surface area (Å²) in [4.78, 5) is 26.7. The first-order valence-corrected chi connectivity index (χ1v) is 10.9. The van der Waals surface area contributed by atoms with Crippen LogP contribution in [0.2, 0.25) is 15.1 Å². The van der Waals surface area contributed by atoms with Crippen LogP contribution in [0, 0.1) is 0 Å². The Balaban J connectivity index is 1.69. The molecule has 1 aliphatic rings. The first-order chi connectivity index (χ1) is 14.9. The van der Waals surface area contributed by atoms with E-state index in [-0.39, 0.29) is 5.91 Å². The topological polar surface area (TPSA) is 57.6 Å². The van der Waals surface area contributed by atoms with Crippen molar-refractivity contribution in [2.75, 3.05) is 0 Å². The second-order valence-corrected chi connectivity index (χ2v) is 8.58. The van der Waals surface area contributed by atoms with Gasteiger partial charge < -0.3 is 10.0 Å². The normalized spacial score (nSPS) is 18.2. The number of carbonyl (C=O) groups is 2. The predicted molar refractivity (Wildman–Crippen MR) is 123 cm³/mol. The number of carbonyl (C=O) groups excluding carboxylic acids is 1. The molecule has 0 saturated carbocycles. The number of halogens is 3. The van der Waals surface area contributed by atoms with Crippen molar-refractivity contribution >= 4 is 46.7 Å². The number of aliphatic carboxylic acids is 1. The molecule has 4 rings (SSSR count). The fourth-order valence-electron chi connectivity index (χ4n) is 4.09. The lowest BCUT2D eigenvalue weighted by atomic mass is 10.0. The van der Waals surface area contributed by atoms with Gasteiger partial charge in [-0.15, -0.1) is 0 Å². The molecular formula is C24H18Cl3NO3. The average molecular weight is 475 g/mol. The van der Waals surface area contributed by atoms with Crippen molar-refractivity contribution < 1.29 is 14.7 Å². The Morgan fingerprint density at radius 2 is 1.42 bits per heavy atom. The molecular weight excluding hydrogens is 457 g/mol. The van der Waals surface area contributed by atoms with Crippen LogP contribution in [0.15, 0.2) is 66.7 Å². The summed E-state index contributed by atoms with van der Waals surface area (Å²) in [5.41, 5.74) is 2.59. The van der Waals surface area contributed by atoms with Crippen LogP contribution in [0.1, 0.15) is 34.8 Å². The molecule has 0 bridgehead atoms. The van der Waals surface area contributed by atoms with E-state index in [9.17, 15) is 14.7 Å². The summed E-state index contributed by atoms with van der Waals surface area (Å²) in [6.45, 7) is 0. The van der Waals surface area contributed by atoms with E-state index >= 15 is 0 Å². The molecule has 1 heterocycles. The van der Waals surface area contributed by atoms with E-state index in [4.69, 9.17) is 34.8 Å². The van der Waals surface area contributed by atoms with Gasteiger partial charge in [0.15, 0.2) is 0 Å². The van der Waals surface area contributed by atoms with Gasteiger partial charge in [-0.1, -0.05) is 71.2 Å². The van der Waals surface area contributed by atoms with Crippen molar-refractivity contribution in [3.8, 4) is 11.1 Å². The third-order valence-corrected chi connectivity index (χ3v) is 6.53. The quantitative estimate of drug-likeness (QED) is 0.455. The molecule has 0 unspecified atom stereocenters. The van der Waals surface area contributed by atoms with Gasteiger partial charge >= 0.3 is 5.97 Å². The first kappa shape index (κ1) is 21.7. The minimum absolute atomic E-state index is 0.355. The summed E-state index contributed by atoms with van der Waals surface area (Å²) < 4.78 is 0. The van der Waals surface area contributed by atoms with Crippen molar-refractivity contribution in [3.63, 3.8) is 0 Å². The monoisotopic (exact) mass is 473 g/mol. The molecule has 1 amide bonds.